The van der Waals surface area contributed by atoms with Gasteiger partial charge in [-0.15, -0.1) is 0 Å². The Morgan fingerprint density at radius 2 is 1.67 bits per heavy atom. The lowest BCUT2D eigenvalue weighted by Crippen LogP contribution is -2.13. The van der Waals surface area contributed by atoms with Gasteiger partial charge in [0.1, 0.15) is 5.75 Å². The van der Waals surface area contributed by atoms with Crippen molar-refractivity contribution in [2.24, 2.45) is 0 Å². The SMILES string of the molecule is Cc1cc(NC(=O)c2ccc(C(C)C)cc2)c(C)cc1O. The standard InChI is InChI=1S/C18H21NO2/c1-11(2)14-5-7-15(8-6-14)18(21)19-16-9-13(4)17(20)10-12(16)3/h5-11,20H,1-4H3,(H,19,21). The largest absolute Gasteiger partial charge is 0.508 e. The van der Waals surface area contributed by atoms with Crippen molar-refractivity contribution in [1.29, 1.82) is 0 Å². The van der Waals surface area contributed by atoms with E-state index in [1.54, 1.807) is 12.1 Å². The predicted octanol–water partition coefficient (Wildman–Crippen LogP) is 4.38. The molecule has 0 unspecified atom stereocenters. The third-order valence-corrected chi connectivity index (χ3v) is 3.63. The highest BCUT2D eigenvalue weighted by molar-refractivity contribution is 6.04. The van der Waals surface area contributed by atoms with E-state index in [2.05, 4.69) is 19.2 Å². The summed E-state index contributed by atoms with van der Waals surface area (Å²) in [6.07, 6.45) is 0. The van der Waals surface area contributed by atoms with Gasteiger partial charge in [-0.25, -0.2) is 0 Å². The average molecular weight is 283 g/mol. The molecule has 0 bridgehead atoms. The molecule has 2 N–H and O–H groups in total. The number of hydrogen-bond donors (Lipinski definition) is 2. The van der Waals surface area contributed by atoms with Crippen molar-refractivity contribution in [1.82, 2.24) is 0 Å². The third-order valence-electron chi connectivity index (χ3n) is 3.63. The van der Waals surface area contributed by atoms with E-state index in [0.717, 1.165) is 16.8 Å². The van der Waals surface area contributed by atoms with Crippen LogP contribution in [0.3, 0.4) is 0 Å². The minimum absolute atomic E-state index is 0.140. The molecule has 0 saturated carbocycles. The van der Waals surface area contributed by atoms with E-state index in [4.69, 9.17) is 0 Å². The van der Waals surface area contributed by atoms with E-state index in [1.165, 1.54) is 5.56 Å². The molecule has 0 spiro atoms. The summed E-state index contributed by atoms with van der Waals surface area (Å²) in [5.74, 6) is 0.550. The second kappa shape index (κ2) is 6.00. The molecular weight excluding hydrogens is 262 g/mol. The number of nitrogens with one attached hydrogen (secondary N) is 1. The molecule has 0 radical (unpaired) electrons. The Morgan fingerprint density at radius 3 is 2.24 bits per heavy atom. The number of phenols is 1. The van der Waals surface area contributed by atoms with E-state index in [1.807, 2.05) is 38.1 Å². The van der Waals surface area contributed by atoms with E-state index in [-0.39, 0.29) is 11.7 Å². The number of phenolic OH excluding ortho intramolecular Hbond substituents is 1. The van der Waals surface area contributed by atoms with Crippen molar-refractivity contribution in [3.05, 3.63) is 58.7 Å². The van der Waals surface area contributed by atoms with Gasteiger partial charge >= 0.3 is 0 Å². The maximum absolute atomic E-state index is 12.3. The molecule has 0 aliphatic carbocycles. The number of benzene rings is 2. The molecule has 0 aliphatic heterocycles. The number of aromatic hydroxyl groups is 1. The predicted molar refractivity (Wildman–Crippen MR) is 86.1 cm³/mol. The second-order valence-corrected chi connectivity index (χ2v) is 5.68. The maximum Gasteiger partial charge on any atom is 0.255 e. The first kappa shape index (κ1) is 15.1. The summed E-state index contributed by atoms with van der Waals surface area (Å²) in [4.78, 5) is 12.3. The normalized spacial score (nSPS) is 10.7. The van der Waals surface area contributed by atoms with Gasteiger partial charge in [0.15, 0.2) is 0 Å². The maximum atomic E-state index is 12.3. The van der Waals surface area contributed by atoms with E-state index in [0.29, 0.717) is 11.5 Å². The Labute approximate surface area is 125 Å². The Bertz CT molecular complexity index is 658. The molecule has 2 aromatic rings. The van der Waals surface area contributed by atoms with Crippen LogP contribution in [0.5, 0.6) is 5.75 Å². The summed E-state index contributed by atoms with van der Waals surface area (Å²) in [5, 5.41) is 12.5. The number of aryl methyl sites for hydroxylation is 2. The molecule has 0 saturated heterocycles. The second-order valence-electron chi connectivity index (χ2n) is 5.68. The monoisotopic (exact) mass is 283 g/mol. The molecule has 3 nitrogen and oxygen atoms in total. The quantitative estimate of drug-likeness (QED) is 0.821. The Kier molecular flexibility index (Phi) is 4.32. The molecule has 2 aromatic carbocycles. The van der Waals surface area contributed by atoms with E-state index >= 15 is 0 Å². The summed E-state index contributed by atoms with van der Waals surface area (Å²) in [6, 6.07) is 11.1. The van der Waals surface area contributed by atoms with Gasteiger partial charge in [0, 0.05) is 11.3 Å². The molecule has 3 heteroatoms. The molecule has 21 heavy (non-hydrogen) atoms. The van der Waals surface area contributed by atoms with Gasteiger partial charge in [0.2, 0.25) is 0 Å². The summed E-state index contributed by atoms with van der Waals surface area (Å²) in [7, 11) is 0. The number of rotatable bonds is 3. The number of carbonyl (C=O) groups excluding carboxylic acids is 1. The van der Waals surface area contributed by atoms with Gasteiger partial charge in [-0.3, -0.25) is 4.79 Å². The van der Waals surface area contributed by atoms with Crippen LogP contribution in [-0.2, 0) is 0 Å². The van der Waals surface area contributed by atoms with Crippen LogP contribution in [0.25, 0.3) is 0 Å². The first-order valence-corrected chi connectivity index (χ1v) is 7.10. The molecule has 2 rings (SSSR count). The number of carbonyl (C=O) groups is 1. The van der Waals surface area contributed by atoms with Crippen molar-refractivity contribution in [2.75, 3.05) is 5.32 Å². The highest BCUT2D eigenvalue weighted by atomic mass is 16.3. The summed E-state index contributed by atoms with van der Waals surface area (Å²) >= 11 is 0. The third kappa shape index (κ3) is 3.43. The van der Waals surface area contributed by atoms with Crippen LogP contribution < -0.4 is 5.32 Å². The van der Waals surface area contributed by atoms with E-state index in [9.17, 15) is 9.90 Å². The van der Waals surface area contributed by atoms with Crippen LogP contribution in [0, 0.1) is 13.8 Å². The molecule has 1 amide bonds. The van der Waals surface area contributed by atoms with E-state index < -0.39 is 0 Å². The average Bonchev–Trinajstić information content (AvgIpc) is 2.44. The number of hydrogen-bond acceptors (Lipinski definition) is 2. The van der Waals surface area contributed by atoms with Crippen molar-refractivity contribution in [2.45, 2.75) is 33.6 Å². The minimum atomic E-state index is -0.140. The molecule has 0 heterocycles. The van der Waals surface area contributed by atoms with Gasteiger partial charge in [0.05, 0.1) is 0 Å². The first-order valence-electron chi connectivity index (χ1n) is 7.10. The van der Waals surface area contributed by atoms with Gasteiger partial charge < -0.3 is 10.4 Å². The Hall–Kier alpha value is -2.29. The molecule has 110 valence electrons. The van der Waals surface area contributed by atoms with Crippen molar-refractivity contribution >= 4 is 11.6 Å². The zero-order valence-corrected chi connectivity index (χ0v) is 12.9. The molecule has 0 fully saturated rings. The lowest BCUT2D eigenvalue weighted by atomic mass is 10.0. The zero-order chi connectivity index (χ0) is 15.6. The van der Waals surface area contributed by atoms with Crippen molar-refractivity contribution in [3.63, 3.8) is 0 Å². The van der Waals surface area contributed by atoms with Crippen molar-refractivity contribution in [3.8, 4) is 5.75 Å². The fourth-order valence-corrected chi connectivity index (χ4v) is 2.15. The van der Waals surface area contributed by atoms with Crippen LogP contribution in [0.1, 0.15) is 46.8 Å². The van der Waals surface area contributed by atoms with Gasteiger partial charge in [-0.1, -0.05) is 26.0 Å². The van der Waals surface area contributed by atoms with Crippen LogP contribution in [0.15, 0.2) is 36.4 Å². The smallest absolute Gasteiger partial charge is 0.255 e. The topological polar surface area (TPSA) is 49.3 Å². The summed E-state index contributed by atoms with van der Waals surface area (Å²) in [5.41, 5.74) is 4.15. The lowest BCUT2D eigenvalue weighted by molar-refractivity contribution is 0.102. The zero-order valence-electron chi connectivity index (χ0n) is 12.9. The first-order chi connectivity index (χ1) is 9.88. The van der Waals surface area contributed by atoms with Gasteiger partial charge in [-0.2, -0.15) is 0 Å². The van der Waals surface area contributed by atoms with Gasteiger partial charge in [0.25, 0.3) is 5.91 Å². The highest BCUT2D eigenvalue weighted by Crippen LogP contribution is 2.25. The van der Waals surface area contributed by atoms with Crippen LogP contribution in [0.4, 0.5) is 5.69 Å². The Balaban J connectivity index is 2.20. The molecule has 0 aliphatic rings. The van der Waals surface area contributed by atoms with Crippen LogP contribution >= 0.6 is 0 Å². The van der Waals surface area contributed by atoms with Gasteiger partial charge in [-0.05, 0) is 60.7 Å². The summed E-state index contributed by atoms with van der Waals surface area (Å²) in [6.45, 7) is 7.91. The fraction of sp³-hybridized carbons (Fsp3) is 0.278. The summed E-state index contributed by atoms with van der Waals surface area (Å²) < 4.78 is 0. The molecule has 0 aromatic heterocycles. The number of amides is 1. The fourth-order valence-electron chi connectivity index (χ4n) is 2.15. The highest BCUT2D eigenvalue weighted by Gasteiger charge is 2.10. The minimum Gasteiger partial charge on any atom is -0.508 e. The Morgan fingerprint density at radius 1 is 1.05 bits per heavy atom. The molecule has 0 atom stereocenters. The van der Waals surface area contributed by atoms with Crippen molar-refractivity contribution < 1.29 is 9.90 Å². The van der Waals surface area contributed by atoms with Crippen LogP contribution in [-0.4, -0.2) is 11.0 Å². The number of anilines is 1. The molecular formula is C18H21NO2. The van der Waals surface area contributed by atoms with Crippen LogP contribution in [0.2, 0.25) is 0 Å². The lowest BCUT2D eigenvalue weighted by Gasteiger charge is -2.11.